The highest BCUT2D eigenvalue weighted by Crippen LogP contribution is 2.47. The largest absolute Gasteiger partial charge is 0.340 e. The number of nitrogens with one attached hydrogen (secondary N) is 1. The van der Waals surface area contributed by atoms with Crippen LogP contribution in [0.2, 0.25) is 0 Å². The van der Waals surface area contributed by atoms with Crippen LogP contribution < -0.4 is 10.2 Å². The average molecular weight is 429 g/mol. The second-order valence-electron chi connectivity index (χ2n) is 7.81. The number of rotatable bonds is 8. The van der Waals surface area contributed by atoms with E-state index in [4.69, 9.17) is 4.98 Å². The number of hydrogen-bond acceptors (Lipinski definition) is 4. The molecule has 4 aromatic rings. The zero-order valence-corrected chi connectivity index (χ0v) is 18.7. The summed E-state index contributed by atoms with van der Waals surface area (Å²) in [6.45, 7) is 6.10. The normalized spacial score (nSPS) is 12.7. The van der Waals surface area contributed by atoms with Crippen LogP contribution in [0.3, 0.4) is 0 Å². The van der Waals surface area contributed by atoms with Gasteiger partial charge in [-0.15, -0.1) is 0 Å². The van der Waals surface area contributed by atoms with Gasteiger partial charge >= 0.3 is 0 Å². The van der Waals surface area contributed by atoms with Gasteiger partial charge in [-0.2, -0.15) is 0 Å². The molecule has 0 saturated carbocycles. The van der Waals surface area contributed by atoms with E-state index in [9.17, 15) is 0 Å². The van der Waals surface area contributed by atoms with Gasteiger partial charge in [0.05, 0.1) is 22.4 Å². The summed E-state index contributed by atoms with van der Waals surface area (Å²) in [5.41, 5.74) is 4.98. The fourth-order valence-corrected chi connectivity index (χ4v) is 5.44. The van der Waals surface area contributed by atoms with Crippen molar-refractivity contribution in [2.24, 2.45) is 0 Å². The van der Waals surface area contributed by atoms with Gasteiger partial charge in [-0.05, 0) is 49.4 Å². The van der Waals surface area contributed by atoms with Gasteiger partial charge in [0.2, 0.25) is 0 Å². The number of nitrogens with zero attached hydrogens (tertiary/aromatic N) is 3. The van der Waals surface area contributed by atoms with E-state index in [1.165, 1.54) is 32.5 Å². The van der Waals surface area contributed by atoms with E-state index < -0.39 is 0 Å². The lowest BCUT2D eigenvalue weighted by Crippen LogP contribution is -2.27. The van der Waals surface area contributed by atoms with Gasteiger partial charge < -0.3 is 14.8 Å². The summed E-state index contributed by atoms with van der Waals surface area (Å²) < 4.78 is 2.36. The third-order valence-corrected chi connectivity index (χ3v) is 6.96. The first-order chi connectivity index (χ1) is 15.3. The SMILES string of the molecule is CCc1nc2ccccc2n1CCNCCCN1c2ccccc2Sc2ccccc21. The number of fused-ring (bicyclic) bond motifs is 3. The molecule has 0 unspecified atom stereocenters. The number of aryl methyl sites for hydroxylation is 1. The van der Waals surface area contributed by atoms with Crippen LogP contribution in [-0.4, -0.2) is 29.2 Å². The van der Waals surface area contributed by atoms with Gasteiger partial charge in [-0.3, -0.25) is 0 Å². The molecule has 158 valence electrons. The fourth-order valence-electron chi connectivity index (χ4n) is 4.34. The molecule has 1 N–H and O–H groups in total. The van der Waals surface area contributed by atoms with E-state index in [1.807, 2.05) is 11.8 Å². The maximum absolute atomic E-state index is 4.78. The molecule has 0 atom stereocenters. The highest BCUT2D eigenvalue weighted by molar-refractivity contribution is 7.99. The van der Waals surface area contributed by atoms with Crippen LogP contribution in [0.15, 0.2) is 82.6 Å². The van der Waals surface area contributed by atoms with Gasteiger partial charge in [-0.1, -0.05) is 55.1 Å². The number of hydrogen-bond donors (Lipinski definition) is 1. The lowest BCUT2D eigenvalue weighted by Gasteiger charge is -2.32. The molecule has 1 aromatic heterocycles. The molecule has 31 heavy (non-hydrogen) atoms. The Balaban J connectivity index is 1.19. The third-order valence-electron chi connectivity index (χ3n) is 5.83. The lowest BCUT2D eigenvalue weighted by molar-refractivity contribution is 0.579. The van der Waals surface area contributed by atoms with E-state index in [0.29, 0.717) is 0 Å². The zero-order chi connectivity index (χ0) is 21.0. The summed E-state index contributed by atoms with van der Waals surface area (Å²) in [7, 11) is 0. The van der Waals surface area contributed by atoms with Crippen molar-refractivity contribution < 1.29 is 0 Å². The Hall–Kier alpha value is -2.76. The van der Waals surface area contributed by atoms with Crippen LogP contribution >= 0.6 is 11.8 Å². The molecule has 4 nitrogen and oxygen atoms in total. The van der Waals surface area contributed by atoms with Gasteiger partial charge in [0.15, 0.2) is 0 Å². The predicted molar refractivity (Wildman–Crippen MR) is 131 cm³/mol. The van der Waals surface area contributed by atoms with Crippen molar-refractivity contribution in [3.63, 3.8) is 0 Å². The second-order valence-corrected chi connectivity index (χ2v) is 8.90. The fraction of sp³-hybridized carbons (Fsp3) is 0.269. The minimum Gasteiger partial charge on any atom is -0.340 e. The Morgan fingerprint density at radius 2 is 1.48 bits per heavy atom. The van der Waals surface area contributed by atoms with Crippen molar-refractivity contribution >= 4 is 34.2 Å². The highest BCUT2D eigenvalue weighted by atomic mass is 32.2. The van der Waals surface area contributed by atoms with Crippen LogP contribution in [0.1, 0.15) is 19.2 Å². The number of imidazole rings is 1. The number of aromatic nitrogens is 2. The first kappa shape index (κ1) is 20.2. The topological polar surface area (TPSA) is 33.1 Å². The standard InChI is InChI=1S/C26H28N4S/c1-2-26-28-20-10-3-4-11-21(20)30(26)19-17-27-16-9-18-29-22-12-5-7-14-24(22)31-25-15-8-6-13-23(25)29/h3-8,10-15,27H,2,9,16-19H2,1H3. The smallest absolute Gasteiger partial charge is 0.109 e. The molecule has 1 aliphatic heterocycles. The quantitative estimate of drug-likeness (QED) is 0.355. The van der Waals surface area contributed by atoms with Crippen LogP contribution in [0.5, 0.6) is 0 Å². The van der Waals surface area contributed by atoms with Gasteiger partial charge in [0.1, 0.15) is 5.82 Å². The monoisotopic (exact) mass is 428 g/mol. The van der Waals surface area contributed by atoms with Crippen LogP contribution in [0.4, 0.5) is 11.4 Å². The van der Waals surface area contributed by atoms with Crippen molar-refractivity contribution in [2.45, 2.75) is 36.1 Å². The lowest BCUT2D eigenvalue weighted by atomic mass is 10.2. The first-order valence-corrected chi connectivity index (χ1v) is 11.9. The summed E-state index contributed by atoms with van der Waals surface area (Å²) in [4.78, 5) is 9.93. The van der Waals surface area contributed by atoms with Gasteiger partial charge in [-0.25, -0.2) is 4.98 Å². The van der Waals surface area contributed by atoms with Crippen molar-refractivity contribution in [3.8, 4) is 0 Å². The van der Waals surface area contributed by atoms with Gasteiger partial charge in [0, 0.05) is 35.8 Å². The minimum absolute atomic E-state index is 0.954. The van der Waals surface area contributed by atoms with E-state index >= 15 is 0 Å². The Kier molecular flexibility index (Phi) is 5.96. The minimum atomic E-state index is 0.954. The molecule has 0 bridgehead atoms. The van der Waals surface area contributed by atoms with E-state index in [-0.39, 0.29) is 0 Å². The maximum Gasteiger partial charge on any atom is 0.109 e. The molecule has 0 radical (unpaired) electrons. The first-order valence-electron chi connectivity index (χ1n) is 11.1. The van der Waals surface area contributed by atoms with E-state index in [1.54, 1.807) is 0 Å². The molecule has 5 rings (SSSR count). The number of para-hydroxylation sites is 4. The summed E-state index contributed by atoms with van der Waals surface area (Å²) in [6, 6.07) is 25.9. The number of benzene rings is 3. The Bertz CT molecular complexity index is 1140. The summed E-state index contributed by atoms with van der Waals surface area (Å²) in [6.07, 6.45) is 2.05. The molecule has 5 heteroatoms. The Morgan fingerprint density at radius 3 is 2.23 bits per heavy atom. The Labute approximate surface area is 188 Å². The highest BCUT2D eigenvalue weighted by Gasteiger charge is 2.22. The summed E-state index contributed by atoms with van der Waals surface area (Å²) in [5.74, 6) is 1.17. The van der Waals surface area contributed by atoms with E-state index in [0.717, 1.165) is 44.5 Å². The predicted octanol–water partition coefficient (Wildman–Crippen LogP) is 5.88. The Morgan fingerprint density at radius 1 is 0.806 bits per heavy atom. The van der Waals surface area contributed by atoms with Gasteiger partial charge in [0.25, 0.3) is 0 Å². The van der Waals surface area contributed by atoms with Crippen molar-refractivity contribution in [1.82, 2.24) is 14.9 Å². The van der Waals surface area contributed by atoms with E-state index in [2.05, 4.69) is 94.5 Å². The molecule has 0 amide bonds. The van der Waals surface area contributed by atoms with Crippen LogP contribution in [-0.2, 0) is 13.0 Å². The molecule has 2 heterocycles. The molecule has 0 fully saturated rings. The molecule has 0 saturated heterocycles. The second kappa shape index (κ2) is 9.16. The molecular weight excluding hydrogens is 400 g/mol. The van der Waals surface area contributed by atoms with Crippen molar-refractivity contribution in [1.29, 1.82) is 0 Å². The number of anilines is 2. The molecule has 3 aromatic carbocycles. The zero-order valence-electron chi connectivity index (χ0n) is 17.9. The molecule has 0 spiro atoms. The summed E-state index contributed by atoms with van der Waals surface area (Å²) in [5, 5.41) is 3.65. The third kappa shape index (κ3) is 4.08. The average Bonchev–Trinajstić information content (AvgIpc) is 3.18. The maximum atomic E-state index is 4.78. The van der Waals surface area contributed by atoms with Crippen LogP contribution in [0.25, 0.3) is 11.0 Å². The molecule has 1 aliphatic rings. The summed E-state index contributed by atoms with van der Waals surface area (Å²) >= 11 is 1.87. The molecular formula is C26H28N4S. The van der Waals surface area contributed by atoms with Crippen LogP contribution in [0, 0.1) is 0 Å². The van der Waals surface area contributed by atoms with Crippen molar-refractivity contribution in [2.75, 3.05) is 24.5 Å². The van der Waals surface area contributed by atoms with Crippen molar-refractivity contribution in [3.05, 3.63) is 78.6 Å². The molecule has 0 aliphatic carbocycles.